The number of nitrogens with zero attached hydrogens (tertiary/aromatic N) is 3. The predicted octanol–water partition coefficient (Wildman–Crippen LogP) is 4.26. The van der Waals surface area contributed by atoms with Gasteiger partial charge in [-0.1, -0.05) is 30.3 Å². The zero-order valence-corrected chi connectivity index (χ0v) is 22.6. The fourth-order valence-corrected chi connectivity index (χ4v) is 5.29. The van der Waals surface area contributed by atoms with Crippen LogP contribution >= 0.6 is 0 Å². The van der Waals surface area contributed by atoms with Gasteiger partial charge in [0.1, 0.15) is 18.2 Å². The number of piperidine rings is 1. The molecule has 3 aromatic rings. The maximum Gasteiger partial charge on any atom is 0.410 e. The number of alkyl carbamates (subject to hydrolysis) is 1. The van der Waals surface area contributed by atoms with Crippen molar-refractivity contribution in [1.82, 2.24) is 25.3 Å². The molecule has 10 nitrogen and oxygen atoms in total. The van der Waals surface area contributed by atoms with E-state index in [9.17, 15) is 14.4 Å². The number of likely N-dealkylation sites (tertiary alicyclic amines) is 1. The van der Waals surface area contributed by atoms with E-state index in [-0.39, 0.29) is 24.5 Å². The van der Waals surface area contributed by atoms with Crippen LogP contribution in [0.5, 0.6) is 0 Å². The predicted molar refractivity (Wildman–Crippen MR) is 145 cm³/mol. The first-order valence-corrected chi connectivity index (χ1v) is 13.4. The molecule has 0 saturated carbocycles. The summed E-state index contributed by atoms with van der Waals surface area (Å²) in [6.07, 6.45) is 2.26. The molecule has 3 heterocycles. The largest absolute Gasteiger partial charge is 0.445 e. The molecule has 39 heavy (non-hydrogen) atoms. The first-order valence-electron chi connectivity index (χ1n) is 13.4. The SMILES string of the molecule is CC(C)(C)OC(=O)N1CCC(N2Cc3c(ccc4[nH]ncc34)C(=O)[C@H](NC(=O)OCc3ccccc3)C2)CC1. The molecule has 206 valence electrons. The van der Waals surface area contributed by atoms with E-state index in [2.05, 4.69) is 20.4 Å². The third-order valence-electron chi connectivity index (χ3n) is 7.23. The number of hydrogen-bond donors (Lipinski definition) is 2. The van der Waals surface area contributed by atoms with Gasteiger partial charge in [-0.15, -0.1) is 0 Å². The molecule has 0 aliphatic carbocycles. The van der Waals surface area contributed by atoms with Gasteiger partial charge in [-0.2, -0.15) is 5.10 Å². The molecular weight excluding hydrogens is 498 g/mol. The molecule has 0 spiro atoms. The summed E-state index contributed by atoms with van der Waals surface area (Å²) in [5.41, 5.74) is 2.64. The van der Waals surface area contributed by atoms with Crippen LogP contribution in [-0.4, -0.2) is 75.3 Å². The second kappa shape index (κ2) is 11.1. The van der Waals surface area contributed by atoms with Crippen LogP contribution in [0.2, 0.25) is 0 Å². The Bertz CT molecular complexity index is 1340. The van der Waals surface area contributed by atoms with Gasteiger partial charge < -0.3 is 19.7 Å². The first-order chi connectivity index (χ1) is 18.7. The summed E-state index contributed by atoms with van der Waals surface area (Å²) < 4.78 is 11.0. The van der Waals surface area contributed by atoms with Crippen molar-refractivity contribution >= 4 is 28.9 Å². The van der Waals surface area contributed by atoms with Crippen molar-refractivity contribution in [2.75, 3.05) is 19.6 Å². The van der Waals surface area contributed by atoms with Crippen molar-refractivity contribution in [3.05, 3.63) is 65.4 Å². The van der Waals surface area contributed by atoms with Crippen LogP contribution in [0.25, 0.3) is 10.9 Å². The fraction of sp³-hybridized carbons (Fsp3) is 0.448. The second-order valence-electron chi connectivity index (χ2n) is 11.2. The quantitative estimate of drug-likeness (QED) is 0.515. The summed E-state index contributed by atoms with van der Waals surface area (Å²) in [4.78, 5) is 43.0. The molecule has 2 aliphatic heterocycles. The number of ether oxygens (including phenoxy) is 2. The Morgan fingerprint density at radius 1 is 1.10 bits per heavy atom. The molecule has 5 rings (SSSR count). The van der Waals surface area contributed by atoms with Crippen molar-refractivity contribution in [3.8, 4) is 0 Å². The number of benzene rings is 2. The number of carbonyl (C=O) groups excluding carboxylic acids is 3. The maximum atomic E-state index is 13.7. The van der Waals surface area contributed by atoms with Gasteiger partial charge in [0.25, 0.3) is 0 Å². The van der Waals surface area contributed by atoms with E-state index in [0.717, 1.165) is 34.9 Å². The zero-order chi connectivity index (χ0) is 27.6. The zero-order valence-electron chi connectivity index (χ0n) is 22.6. The summed E-state index contributed by atoms with van der Waals surface area (Å²) in [7, 11) is 0. The number of fused-ring (bicyclic) bond motifs is 3. The standard InChI is InChI=1S/C29H35N5O5/c1-29(2,3)39-28(37)33-13-11-20(12-14-33)34-16-23-21(9-10-24-22(23)15-30-32-24)26(35)25(17-34)31-27(36)38-18-19-7-5-4-6-8-19/h4-10,15,20,25H,11-14,16-18H2,1-3H3,(H,30,32)(H,31,36)/t25-/m1/s1. The van der Waals surface area contributed by atoms with Gasteiger partial charge in [0, 0.05) is 43.2 Å². The van der Waals surface area contributed by atoms with Crippen LogP contribution in [0, 0.1) is 0 Å². The minimum atomic E-state index is -0.775. The van der Waals surface area contributed by atoms with E-state index in [4.69, 9.17) is 9.47 Å². The van der Waals surface area contributed by atoms with Crippen LogP contribution < -0.4 is 5.32 Å². The third kappa shape index (κ3) is 6.22. The lowest BCUT2D eigenvalue weighted by Crippen LogP contribution is -2.52. The lowest BCUT2D eigenvalue weighted by atomic mass is 9.97. The van der Waals surface area contributed by atoms with Gasteiger partial charge in [0.2, 0.25) is 0 Å². The number of amides is 2. The number of hydrogen-bond acceptors (Lipinski definition) is 7. The molecule has 1 saturated heterocycles. The lowest BCUT2D eigenvalue weighted by molar-refractivity contribution is 0.0133. The second-order valence-corrected chi connectivity index (χ2v) is 11.2. The number of ketones is 1. The third-order valence-corrected chi connectivity index (χ3v) is 7.23. The van der Waals surface area contributed by atoms with Gasteiger partial charge in [0.15, 0.2) is 5.78 Å². The molecule has 2 N–H and O–H groups in total. The van der Waals surface area contributed by atoms with Gasteiger partial charge in [-0.05, 0) is 56.9 Å². The summed E-state index contributed by atoms with van der Waals surface area (Å²) in [5, 5.41) is 10.9. The molecule has 0 bridgehead atoms. The van der Waals surface area contributed by atoms with Crippen molar-refractivity contribution in [2.24, 2.45) is 0 Å². The molecule has 1 atom stereocenters. The Hall–Kier alpha value is -3.92. The lowest BCUT2D eigenvalue weighted by Gasteiger charge is -2.39. The molecule has 1 fully saturated rings. The highest BCUT2D eigenvalue weighted by Crippen LogP contribution is 2.30. The summed E-state index contributed by atoms with van der Waals surface area (Å²) in [5.74, 6) is -0.154. The van der Waals surface area contributed by atoms with Crippen LogP contribution in [0.15, 0.2) is 48.7 Å². The van der Waals surface area contributed by atoms with E-state index >= 15 is 0 Å². The Kier molecular flexibility index (Phi) is 7.56. The average Bonchev–Trinajstić information content (AvgIpc) is 3.35. The highest BCUT2D eigenvalue weighted by molar-refractivity contribution is 6.06. The molecule has 2 amide bonds. The van der Waals surface area contributed by atoms with Crippen LogP contribution in [-0.2, 0) is 22.6 Å². The monoisotopic (exact) mass is 533 g/mol. The van der Waals surface area contributed by atoms with Gasteiger partial charge in [0.05, 0.1) is 11.7 Å². The highest BCUT2D eigenvalue weighted by atomic mass is 16.6. The highest BCUT2D eigenvalue weighted by Gasteiger charge is 2.36. The molecule has 10 heteroatoms. The van der Waals surface area contributed by atoms with Crippen LogP contribution in [0.4, 0.5) is 9.59 Å². The average molecular weight is 534 g/mol. The van der Waals surface area contributed by atoms with E-state index < -0.39 is 17.7 Å². The van der Waals surface area contributed by atoms with Crippen LogP contribution in [0.3, 0.4) is 0 Å². The topological polar surface area (TPSA) is 117 Å². The maximum absolute atomic E-state index is 13.7. The van der Waals surface area contributed by atoms with E-state index in [1.54, 1.807) is 17.2 Å². The normalized spacial score (nSPS) is 18.9. The van der Waals surface area contributed by atoms with Crippen molar-refractivity contribution in [1.29, 1.82) is 0 Å². The molecule has 1 aromatic heterocycles. The number of H-pyrrole nitrogens is 1. The number of rotatable bonds is 4. The van der Waals surface area contributed by atoms with Crippen molar-refractivity contribution in [2.45, 2.75) is 64.4 Å². The smallest absolute Gasteiger partial charge is 0.410 e. The van der Waals surface area contributed by atoms with E-state index in [1.165, 1.54) is 0 Å². The molecule has 0 unspecified atom stereocenters. The number of carbonyl (C=O) groups is 3. The minimum Gasteiger partial charge on any atom is -0.445 e. The van der Waals surface area contributed by atoms with Crippen molar-refractivity contribution in [3.63, 3.8) is 0 Å². The van der Waals surface area contributed by atoms with E-state index in [0.29, 0.717) is 31.7 Å². The summed E-state index contributed by atoms with van der Waals surface area (Å²) >= 11 is 0. The number of Topliss-reactive ketones (excluding diaryl/α,β-unsaturated/α-hetero) is 1. The van der Waals surface area contributed by atoms with Gasteiger partial charge in [-0.3, -0.25) is 14.8 Å². The Labute approximate surface area is 227 Å². The first kappa shape index (κ1) is 26.7. The van der Waals surface area contributed by atoms with Gasteiger partial charge >= 0.3 is 12.2 Å². The minimum absolute atomic E-state index is 0.118. The molecular formula is C29H35N5O5. The number of nitrogens with one attached hydrogen (secondary N) is 2. The number of aromatic amines is 1. The Balaban J connectivity index is 1.33. The molecule has 0 radical (unpaired) electrons. The fourth-order valence-electron chi connectivity index (χ4n) is 5.29. The summed E-state index contributed by atoms with van der Waals surface area (Å²) in [6.45, 7) is 7.69. The Morgan fingerprint density at radius 3 is 2.56 bits per heavy atom. The molecule has 2 aliphatic rings. The Morgan fingerprint density at radius 2 is 1.85 bits per heavy atom. The number of aromatic nitrogens is 2. The van der Waals surface area contributed by atoms with Crippen molar-refractivity contribution < 1.29 is 23.9 Å². The van der Waals surface area contributed by atoms with Gasteiger partial charge in [-0.25, -0.2) is 9.59 Å². The van der Waals surface area contributed by atoms with Crippen LogP contribution in [0.1, 0.15) is 55.1 Å². The summed E-state index contributed by atoms with van der Waals surface area (Å²) in [6, 6.07) is 12.4. The molecule has 2 aromatic carbocycles. The van der Waals surface area contributed by atoms with E-state index in [1.807, 2.05) is 57.2 Å².